The molecular formula is C13H18N2O2S. The first kappa shape index (κ1) is 14.6. The van der Waals surface area contributed by atoms with Gasteiger partial charge in [-0.15, -0.1) is 0 Å². The van der Waals surface area contributed by atoms with Gasteiger partial charge in [-0.3, -0.25) is 9.59 Å². The van der Waals surface area contributed by atoms with Crippen LogP contribution in [0.1, 0.15) is 12.5 Å². The smallest absolute Gasteiger partial charge is 0.243 e. The molecule has 18 heavy (non-hydrogen) atoms. The number of benzene rings is 1. The summed E-state index contributed by atoms with van der Waals surface area (Å²) in [6, 6.07) is 9.56. The summed E-state index contributed by atoms with van der Waals surface area (Å²) in [5, 5.41) is 5.20. The maximum atomic E-state index is 11.6. The molecule has 0 radical (unpaired) electrons. The molecule has 0 aliphatic rings. The van der Waals surface area contributed by atoms with Crippen LogP contribution in [-0.2, 0) is 15.3 Å². The monoisotopic (exact) mass is 266 g/mol. The van der Waals surface area contributed by atoms with Crippen molar-refractivity contribution in [2.75, 3.05) is 12.8 Å². The quantitative estimate of drug-likeness (QED) is 0.812. The predicted molar refractivity (Wildman–Crippen MR) is 74.3 cm³/mol. The SMILES string of the molecule is CNC(=O)C(CSCc1ccccc1)NC(C)=O. The van der Waals surface area contributed by atoms with Gasteiger partial charge in [-0.2, -0.15) is 11.8 Å². The van der Waals surface area contributed by atoms with Crippen molar-refractivity contribution >= 4 is 23.6 Å². The Hall–Kier alpha value is -1.49. The molecule has 1 aromatic carbocycles. The number of thioether (sulfide) groups is 1. The van der Waals surface area contributed by atoms with Gasteiger partial charge in [0.25, 0.3) is 0 Å². The van der Waals surface area contributed by atoms with Crippen molar-refractivity contribution in [3.8, 4) is 0 Å². The molecule has 0 aromatic heterocycles. The molecule has 0 bridgehead atoms. The van der Waals surface area contributed by atoms with Crippen LogP contribution >= 0.6 is 11.8 Å². The van der Waals surface area contributed by atoms with Crippen LogP contribution in [0.3, 0.4) is 0 Å². The number of hydrogen-bond acceptors (Lipinski definition) is 3. The largest absolute Gasteiger partial charge is 0.357 e. The molecule has 0 aliphatic carbocycles. The molecule has 0 fully saturated rings. The average Bonchev–Trinajstić information content (AvgIpc) is 2.37. The zero-order valence-electron chi connectivity index (χ0n) is 10.6. The molecule has 1 unspecified atom stereocenters. The minimum Gasteiger partial charge on any atom is -0.357 e. The Morgan fingerprint density at radius 1 is 1.28 bits per heavy atom. The Morgan fingerprint density at radius 3 is 2.50 bits per heavy atom. The van der Waals surface area contributed by atoms with Crippen molar-refractivity contribution < 1.29 is 9.59 Å². The number of carbonyl (C=O) groups excluding carboxylic acids is 2. The molecule has 0 saturated carbocycles. The molecule has 0 heterocycles. The average molecular weight is 266 g/mol. The zero-order valence-corrected chi connectivity index (χ0v) is 11.4. The Morgan fingerprint density at radius 2 is 1.94 bits per heavy atom. The van der Waals surface area contributed by atoms with Crippen LogP contribution in [0, 0.1) is 0 Å². The van der Waals surface area contributed by atoms with Crippen LogP contribution in [0.15, 0.2) is 30.3 Å². The molecule has 2 amide bonds. The topological polar surface area (TPSA) is 58.2 Å². The Bertz CT molecular complexity index is 395. The van der Waals surface area contributed by atoms with Gasteiger partial charge in [0.15, 0.2) is 0 Å². The number of rotatable bonds is 6. The summed E-state index contributed by atoms with van der Waals surface area (Å²) in [5.74, 6) is 1.04. The maximum Gasteiger partial charge on any atom is 0.243 e. The normalized spacial score (nSPS) is 11.7. The Balaban J connectivity index is 2.42. The Kier molecular flexibility index (Phi) is 6.28. The van der Waals surface area contributed by atoms with Crippen LogP contribution in [-0.4, -0.2) is 30.7 Å². The molecule has 5 heteroatoms. The van der Waals surface area contributed by atoms with Crippen molar-refractivity contribution in [2.24, 2.45) is 0 Å². The van der Waals surface area contributed by atoms with E-state index in [0.717, 1.165) is 5.75 Å². The lowest BCUT2D eigenvalue weighted by atomic mass is 10.2. The zero-order chi connectivity index (χ0) is 13.4. The van der Waals surface area contributed by atoms with Gasteiger partial charge in [-0.1, -0.05) is 30.3 Å². The van der Waals surface area contributed by atoms with E-state index in [9.17, 15) is 9.59 Å². The van der Waals surface area contributed by atoms with Gasteiger partial charge < -0.3 is 10.6 Å². The minimum absolute atomic E-state index is 0.161. The van der Waals surface area contributed by atoms with Gasteiger partial charge in [0.2, 0.25) is 11.8 Å². The molecular weight excluding hydrogens is 248 g/mol. The van der Waals surface area contributed by atoms with Crippen LogP contribution < -0.4 is 10.6 Å². The molecule has 2 N–H and O–H groups in total. The van der Waals surface area contributed by atoms with E-state index in [1.54, 1.807) is 18.8 Å². The molecule has 0 spiro atoms. The molecule has 0 aliphatic heterocycles. The molecule has 0 saturated heterocycles. The standard InChI is InChI=1S/C13H18N2O2S/c1-10(16)15-12(13(17)14-2)9-18-8-11-6-4-3-5-7-11/h3-7,12H,8-9H2,1-2H3,(H,14,17)(H,15,16). The lowest BCUT2D eigenvalue weighted by molar-refractivity contribution is -0.127. The first-order valence-electron chi connectivity index (χ1n) is 5.74. The van der Waals surface area contributed by atoms with Crippen LogP contribution in [0.2, 0.25) is 0 Å². The number of amides is 2. The third-order valence-corrected chi connectivity index (χ3v) is 3.44. The van der Waals surface area contributed by atoms with E-state index in [-0.39, 0.29) is 11.8 Å². The van der Waals surface area contributed by atoms with Crippen molar-refractivity contribution in [1.29, 1.82) is 0 Å². The number of likely N-dealkylation sites (N-methyl/N-ethyl adjacent to an activating group) is 1. The summed E-state index contributed by atoms with van der Waals surface area (Å²) in [7, 11) is 1.57. The summed E-state index contributed by atoms with van der Waals surface area (Å²) in [6.45, 7) is 1.41. The summed E-state index contributed by atoms with van der Waals surface area (Å²) >= 11 is 1.62. The van der Waals surface area contributed by atoms with E-state index in [1.807, 2.05) is 30.3 Å². The third-order valence-electron chi connectivity index (χ3n) is 2.34. The summed E-state index contributed by atoms with van der Waals surface area (Å²) in [6.07, 6.45) is 0. The van der Waals surface area contributed by atoms with Crippen LogP contribution in [0.5, 0.6) is 0 Å². The first-order valence-corrected chi connectivity index (χ1v) is 6.89. The minimum atomic E-state index is -0.471. The lowest BCUT2D eigenvalue weighted by Gasteiger charge is -2.15. The highest BCUT2D eigenvalue weighted by atomic mass is 32.2. The first-order chi connectivity index (χ1) is 8.63. The number of hydrogen-bond donors (Lipinski definition) is 2. The fourth-order valence-corrected chi connectivity index (χ4v) is 2.49. The second-order valence-electron chi connectivity index (χ2n) is 3.87. The summed E-state index contributed by atoms with van der Waals surface area (Å²) in [5.41, 5.74) is 1.21. The van der Waals surface area contributed by atoms with Crippen molar-refractivity contribution in [2.45, 2.75) is 18.7 Å². The van der Waals surface area contributed by atoms with Crippen molar-refractivity contribution in [3.05, 3.63) is 35.9 Å². The van der Waals surface area contributed by atoms with Gasteiger partial charge in [-0.25, -0.2) is 0 Å². The molecule has 1 atom stereocenters. The maximum absolute atomic E-state index is 11.6. The van der Waals surface area contributed by atoms with Gasteiger partial charge in [0.05, 0.1) is 0 Å². The van der Waals surface area contributed by atoms with E-state index in [4.69, 9.17) is 0 Å². The second kappa shape index (κ2) is 7.76. The van der Waals surface area contributed by atoms with E-state index >= 15 is 0 Å². The number of carbonyl (C=O) groups is 2. The lowest BCUT2D eigenvalue weighted by Crippen LogP contribution is -2.46. The molecule has 1 rings (SSSR count). The van der Waals surface area contributed by atoms with Crippen molar-refractivity contribution in [1.82, 2.24) is 10.6 Å². The summed E-state index contributed by atoms with van der Waals surface area (Å²) in [4.78, 5) is 22.6. The van der Waals surface area contributed by atoms with Gasteiger partial charge in [-0.05, 0) is 5.56 Å². The second-order valence-corrected chi connectivity index (χ2v) is 4.90. The van der Waals surface area contributed by atoms with E-state index in [0.29, 0.717) is 5.75 Å². The molecule has 98 valence electrons. The fraction of sp³-hybridized carbons (Fsp3) is 0.385. The molecule has 1 aromatic rings. The highest BCUT2D eigenvalue weighted by Gasteiger charge is 2.17. The fourth-order valence-electron chi connectivity index (χ4n) is 1.47. The van der Waals surface area contributed by atoms with Crippen LogP contribution in [0.4, 0.5) is 0 Å². The van der Waals surface area contributed by atoms with Gasteiger partial charge in [0, 0.05) is 25.5 Å². The molecule has 4 nitrogen and oxygen atoms in total. The van der Waals surface area contributed by atoms with Gasteiger partial charge >= 0.3 is 0 Å². The van der Waals surface area contributed by atoms with E-state index in [2.05, 4.69) is 10.6 Å². The third kappa shape index (κ3) is 5.23. The van der Waals surface area contributed by atoms with Crippen molar-refractivity contribution in [3.63, 3.8) is 0 Å². The van der Waals surface area contributed by atoms with Crippen LogP contribution in [0.25, 0.3) is 0 Å². The number of nitrogens with one attached hydrogen (secondary N) is 2. The Labute approximate surface area is 112 Å². The highest BCUT2D eigenvalue weighted by Crippen LogP contribution is 2.12. The highest BCUT2D eigenvalue weighted by molar-refractivity contribution is 7.98. The summed E-state index contributed by atoms with van der Waals surface area (Å²) < 4.78 is 0. The van der Waals surface area contributed by atoms with Gasteiger partial charge in [0.1, 0.15) is 6.04 Å². The predicted octanol–water partition coefficient (Wildman–Crippen LogP) is 1.17. The van der Waals surface area contributed by atoms with E-state index < -0.39 is 6.04 Å². The van der Waals surface area contributed by atoms with E-state index in [1.165, 1.54) is 12.5 Å².